The van der Waals surface area contributed by atoms with E-state index in [1.54, 1.807) is 13.2 Å². The number of halogens is 1. The summed E-state index contributed by atoms with van der Waals surface area (Å²) in [6, 6.07) is 1.74. The zero-order valence-corrected chi connectivity index (χ0v) is 11.2. The molecule has 0 radical (unpaired) electrons. The van der Waals surface area contributed by atoms with Crippen LogP contribution in [0.15, 0.2) is 6.07 Å². The van der Waals surface area contributed by atoms with Crippen LogP contribution in [0.25, 0.3) is 0 Å². The van der Waals surface area contributed by atoms with E-state index in [1.165, 1.54) is 12.8 Å². The van der Waals surface area contributed by atoms with Crippen molar-refractivity contribution in [3.63, 3.8) is 0 Å². The molecule has 5 nitrogen and oxygen atoms in total. The fourth-order valence-corrected chi connectivity index (χ4v) is 1.74. The molecule has 0 saturated heterocycles. The number of nitrogens with zero attached hydrogens (tertiary/aromatic N) is 2. The highest BCUT2D eigenvalue weighted by atomic mass is 35.5. The number of nitrogens with one attached hydrogen (secondary N) is 1. The molecule has 0 unspecified atom stereocenters. The molecule has 0 spiro atoms. The van der Waals surface area contributed by atoms with Gasteiger partial charge in [0.1, 0.15) is 16.8 Å². The molecular weight excluding hydrogens is 254 g/mol. The minimum Gasteiger partial charge on any atom is -0.382 e. The molecule has 1 aromatic heterocycles. The Hall–Kier alpha value is -0.910. The predicted octanol–water partition coefficient (Wildman–Crippen LogP) is 2.08. The monoisotopic (exact) mass is 271 g/mol. The molecule has 0 aliphatic heterocycles. The topological polar surface area (TPSA) is 56.3 Å². The van der Waals surface area contributed by atoms with Crippen molar-refractivity contribution in [2.45, 2.75) is 18.8 Å². The van der Waals surface area contributed by atoms with Crippen molar-refractivity contribution >= 4 is 17.4 Å². The van der Waals surface area contributed by atoms with Gasteiger partial charge in [-0.3, -0.25) is 0 Å². The number of hydrogen-bond acceptors (Lipinski definition) is 5. The van der Waals surface area contributed by atoms with E-state index in [1.807, 2.05) is 0 Å². The standard InChI is InChI=1S/C12H18ClN3O2/c1-17-6-7-18-5-4-14-11-8-10(13)15-12(16-11)9-2-3-9/h8-9H,2-7H2,1H3,(H,14,15,16). The first-order valence-electron chi connectivity index (χ1n) is 6.14. The van der Waals surface area contributed by atoms with Crippen LogP contribution in [-0.2, 0) is 9.47 Å². The van der Waals surface area contributed by atoms with Crippen LogP contribution in [0.3, 0.4) is 0 Å². The van der Waals surface area contributed by atoms with Crippen molar-refractivity contribution in [3.05, 3.63) is 17.0 Å². The van der Waals surface area contributed by atoms with Crippen molar-refractivity contribution in [2.24, 2.45) is 0 Å². The van der Waals surface area contributed by atoms with Gasteiger partial charge in [0.15, 0.2) is 0 Å². The lowest BCUT2D eigenvalue weighted by atomic mass is 10.4. The number of rotatable bonds is 8. The first kappa shape index (κ1) is 13.5. The molecule has 2 rings (SSSR count). The zero-order valence-electron chi connectivity index (χ0n) is 10.5. The highest BCUT2D eigenvalue weighted by Gasteiger charge is 2.27. The molecule has 1 aliphatic carbocycles. The maximum atomic E-state index is 5.96. The number of aromatic nitrogens is 2. The summed E-state index contributed by atoms with van der Waals surface area (Å²) in [4.78, 5) is 8.67. The van der Waals surface area contributed by atoms with Crippen LogP contribution in [-0.4, -0.2) is 43.4 Å². The van der Waals surface area contributed by atoms with Gasteiger partial charge >= 0.3 is 0 Å². The Morgan fingerprint density at radius 1 is 1.33 bits per heavy atom. The second-order valence-corrected chi connectivity index (χ2v) is 4.63. The Balaban J connectivity index is 1.74. The molecule has 0 aromatic carbocycles. The smallest absolute Gasteiger partial charge is 0.135 e. The Morgan fingerprint density at radius 3 is 2.89 bits per heavy atom. The molecule has 1 saturated carbocycles. The summed E-state index contributed by atoms with van der Waals surface area (Å²) in [6.07, 6.45) is 2.33. The van der Waals surface area contributed by atoms with Gasteiger partial charge in [0.05, 0.1) is 19.8 Å². The third kappa shape index (κ3) is 4.40. The molecule has 0 atom stereocenters. The van der Waals surface area contributed by atoms with Gasteiger partial charge < -0.3 is 14.8 Å². The van der Waals surface area contributed by atoms with E-state index < -0.39 is 0 Å². The van der Waals surface area contributed by atoms with E-state index >= 15 is 0 Å². The fraction of sp³-hybridized carbons (Fsp3) is 0.667. The van der Waals surface area contributed by atoms with Gasteiger partial charge in [0, 0.05) is 25.6 Å². The van der Waals surface area contributed by atoms with Crippen molar-refractivity contribution < 1.29 is 9.47 Å². The Labute approximate surface area is 112 Å². The summed E-state index contributed by atoms with van der Waals surface area (Å²) in [6.45, 7) is 2.53. The summed E-state index contributed by atoms with van der Waals surface area (Å²) in [5.41, 5.74) is 0. The molecule has 1 aromatic rings. The molecule has 0 amide bonds. The van der Waals surface area contributed by atoms with Crippen molar-refractivity contribution in [1.82, 2.24) is 9.97 Å². The van der Waals surface area contributed by atoms with Crippen LogP contribution in [0, 0.1) is 0 Å². The SMILES string of the molecule is COCCOCCNc1cc(Cl)nc(C2CC2)n1. The van der Waals surface area contributed by atoms with Crippen LogP contribution in [0.2, 0.25) is 5.15 Å². The Kier molecular flexibility index (Phi) is 5.16. The van der Waals surface area contributed by atoms with E-state index in [2.05, 4.69) is 15.3 Å². The number of anilines is 1. The average Bonchev–Trinajstić information content (AvgIpc) is 3.17. The largest absolute Gasteiger partial charge is 0.382 e. The van der Waals surface area contributed by atoms with E-state index in [-0.39, 0.29) is 0 Å². The van der Waals surface area contributed by atoms with Crippen molar-refractivity contribution in [3.8, 4) is 0 Å². The third-order valence-electron chi connectivity index (χ3n) is 2.64. The predicted molar refractivity (Wildman–Crippen MR) is 70.2 cm³/mol. The van der Waals surface area contributed by atoms with Crippen LogP contribution in [0.1, 0.15) is 24.6 Å². The highest BCUT2D eigenvalue weighted by molar-refractivity contribution is 6.29. The van der Waals surface area contributed by atoms with Gasteiger partial charge in [-0.1, -0.05) is 11.6 Å². The maximum Gasteiger partial charge on any atom is 0.135 e. The van der Waals surface area contributed by atoms with Gasteiger partial charge in [0.2, 0.25) is 0 Å². The molecule has 1 aliphatic rings. The Bertz CT molecular complexity index is 386. The first-order chi connectivity index (χ1) is 8.79. The lowest BCUT2D eigenvalue weighted by Crippen LogP contribution is -2.13. The summed E-state index contributed by atoms with van der Waals surface area (Å²) in [7, 11) is 1.66. The maximum absolute atomic E-state index is 5.96. The summed E-state index contributed by atoms with van der Waals surface area (Å²) >= 11 is 5.96. The summed E-state index contributed by atoms with van der Waals surface area (Å²) in [5, 5.41) is 3.68. The third-order valence-corrected chi connectivity index (χ3v) is 2.83. The fourth-order valence-electron chi connectivity index (χ4n) is 1.55. The van der Waals surface area contributed by atoms with Crippen LogP contribution < -0.4 is 5.32 Å². The second kappa shape index (κ2) is 6.87. The van der Waals surface area contributed by atoms with Crippen LogP contribution in [0.5, 0.6) is 0 Å². The van der Waals surface area contributed by atoms with Gasteiger partial charge in [0.25, 0.3) is 0 Å². The van der Waals surface area contributed by atoms with E-state index in [9.17, 15) is 0 Å². The minimum absolute atomic E-state index is 0.495. The van der Waals surface area contributed by atoms with E-state index in [0.717, 1.165) is 11.6 Å². The second-order valence-electron chi connectivity index (χ2n) is 4.24. The van der Waals surface area contributed by atoms with Crippen LogP contribution in [0.4, 0.5) is 5.82 Å². The van der Waals surface area contributed by atoms with Gasteiger partial charge in [-0.05, 0) is 12.8 Å². The molecule has 100 valence electrons. The highest BCUT2D eigenvalue weighted by Crippen LogP contribution is 2.38. The van der Waals surface area contributed by atoms with Crippen molar-refractivity contribution in [2.75, 3.05) is 38.8 Å². The lowest BCUT2D eigenvalue weighted by Gasteiger charge is -2.08. The first-order valence-corrected chi connectivity index (χ1v) is 6.52. The molecule has 1 fully saturated rings. The lowest BCUT2D eigenvalue weighted by molar-refractivity contribution is 0.0759. The van der Waals surface area contributed by atoms with Gasteiger partial charge in [-0.15, -0.1) is 0 Å². The molecular formula is C12H18ClN3O2. The number of methoxy groups -OCH3 is 1. The Morgan fingerprint density at radius 2 is 2.17 bits per heavy atom. The minimum atomic E-state index is 0.495. The van der Waals surface area contributed by atoms with Gasteiger partial charge in [-0.25, -0.2) is 9.97 Å². The molecule has 18 heavy (non-hydrogen) atoms. The van der Waals surface area contributed by atoms with E-state index in [4.69, 9.17) is 21.1 Å². The molecule has 0 bridgehead atoms. The summed E-state index contributed by atoms with van der Waals surface area (Å²) in [5.74, 6) is 2.12. The number of hydrogen-bond donors (Lipinski definition) is 1. The van der Waals surface area contributed by atoms with E-state index in [0.29, 0.717) is 37.4 Å². The molecule has 1 heterocycles. The molecule has 1 N–H and O–H groups in total. The quantitative estimate of drug-likeness (QED) is 0.579. The van der Waals surface area contributed by atoms with Gasteiger partial charge in [-0.2, -0.15) is 0 Å². The van der Waals surface area contributed by atoms with Crippen LogP contribution >= 0.6 is 11.6 Å². The molecule has 6 heteroatoms. The number of ether oxygens (including phenoxy) is 2. The summed E-state index contributed by atoms with van der Waals surface area (Å²) < 4.78 is 10.2. The van der Waals surface area contributed by atoms with Crippen molar-refractivity contribution in [1.29, 1.82) is 0 Å². The zero-order chi connectivity index (χ0) is 12.8. The normalized spacial score (nSPS) is 14.8. The average molecular weight is 272 g/mol.